The fraction of sp³-hybridized carbons (Fsp3) is 0.438. The Morgan fingerprint density at radius 2 is 2.38 bits per heavy atom. The Balaban J connectivity index is 1.70. The summed E-state index contributed by atoms with van der Waals surface area (Å²) in [4.78, 5) is 6.93. The van der Waals surface area contributed by atoms with Crippen LogP contribution >= 0.6 is 0 Å². The summed E-state index contributed by atoms with van der Waals surface area (Å²) < 4.78 is 13.0. The molecule has 5 nitrogen and oxygen atoms in total. The minimum Gasteiger partial charge on any atom is -0.472 e. The van der Waals surface area contributed by atoms with Crippen molar-refractivity contribution in [1.82, 2.24) is 14.5 Å². The molecule has 3 rings (SSSR count). The third-order valence-corrected chi connectivity index (χ3v) is 3.74. The molecule has 1 aliphatic rings. The number of imidazole rings is 1. The number of fused-ring (bicyclic) bond motifs is 1. The highest BCUT2D eigenvalue weighted by molar-refractivity contribution is 5.14. The summed E-state index contributed by atoms with van der Waals surface area (Å²) >= 11 is 0. The van der Waals surface area contributed by atoms with Gasteiger partial charge in [0.1, 0.15) is 0 Å². The SMILES string of the molecule is C=CCOCc1ncn2c1CN(Cc1ccoc1)CCC2. The molecule has 0 spiro atoms. The van der Waals surface area contributed by atoms with Gasteiger partial charge < -0.3 is 13.7 Å². The maximum atomic E-state index is 5.55. The molecule has 0 radical (unpaired) electrons. The number of furan rings is 1. The van der Waals surface area contributed by atoms with Gasteiger partial charge in [0, 0.05) is 31.7 Å². The van der Waals surface area contributed by atoms with E-state index in [9.17, 15) is 0 Å². The van der Waals surface area contributed by atoms with Crippen molar-refractivity contribution in [2.45, 2.75) is 32.7 Å². The molecule has 0 aliphatic carbocycles. The Kier molecular flexibility index (Phi) is 4.52. The van der Waals surface area contributed by atoms with E-state index in [0.717, 1.165) is 38.3 Å². The molecule has 21 heavy (non-hydrogen) atoms. The second kappa shape index (κ2) is 6.74. The van der Waals surface area contributed by atoms with Crippen LogP contribution in [0.1, 0.15) is 23.4 Å². The van der Waals surface area contributed by atoms with Crippen LogP contribution in [0.5, 0.6) is 0 Å². The molecular formula is C16H21N3O2. The highest BCUT2D eigenvalue weighted by Gasteiger charge is 2.19. The van der Waals surface area contributed by atoms with Crippen LogP contribution in [0.2, 0.25) is 0 Å². The molecule has 0 amide bonds. The van der Waals surface area contributed by atoms with Gasteiger partial charge in [-0.25, -0.2) is 4.98 Å². The first-order valence-corrected chi connectivity index (χ1v) is 7.32. The van der Waals surface area contributed by atoms with E-state index in [1.54, 1.807) is 12.3 Å². The molecule has 3 heterocycles. The lowest BCUT2D eigenvalue weighted by Gasteiger charge is -2.19. The molecule has 2 aromatic rings. The van der Waals surface area contributed by atoms with Crippen LogP contribution in [0.4, 0.5) is 0 Å². The molecule has 0 fully saturated rings. The van der Waals surface area contributed by atoms with Crippen molar-refractivity contribution in [2.24, 2.45) is 0 Å². The predicted molar refractivity (Wildman–Crippen MR) is 79.5 cm³/mol. The van der Waals surface area contributed by atoms with Gasteiger partial charge >= 0.3 is 0 Å². The van der Waals surface area contributed by atoms with Crippen LogP contribution in [0.15, 0.2) is 42.0 Å². The molecular weight excluding hydrogens is 266 g/mol. The lowest BCUT2D eigenvalue weighted by Crippen LogP contribution is -2.23. The fourth-order valence-corrected chi connectivity index (χ4v) is 2.71. The van der Waals surface area contributed by atoms with Crippen molar-refractivity contribution in [3.63, 3.8) is 0 Å². The van der Waals surface area contributed by atoms with Gasteiger partial charge in [-0.1, -0.05) is 6.08 Å². The number of ether oxygens (including phenoxy) is 1. The first-order valence-electron chi connectivity index (χ1n) is 7.32. The number of aromatic nitrogens is 2. The summed E-state index contributed by atoms with van der Waals surface area (Å²) in [6.07, 6.45) is 8.37. The van der Waals surface area contributed by atoms with Gasteiger partial charge in [0.05, 0.1) is 43.5 Å². The quantitative estimate of drug-likeness (QED) is 0.605. The molecule has 0 unspecified atom stereocenters. The fourth-order valence-electron chi connectivity index (χ4n) is 2.71. The van der Waals surface area contributed by atoms with Gasteiger partial charge in [0.15, 0.2) is 0 Å². The monoisotopic (exact) mass is 287 g/mol. The second-order valence-electron chi connectivity index (χ2n) is 5.33. The summed E-state index contributed by atoms with van der Waals surface area (Å²) in [6.45, 7) is 8.69. The normalized spacial score (nSPS) is 15.6. The van der Waals surface area contributed by atoms with Gasteiger partial charge in [-0.15, -0.1) is 6.58 Å². The number of nitrogens with zero attached hydrogens (tertiary/aromatic N) is 3. The smallest absolute Gasteiger partial charge is 0.0953 e. The Bertz CT molecular complexity index is 574. The van der Waals surface area contributed by atoms with Crippen molar-refractivity contribution in [3.8, 4) is 0 Å². The molecule has 0 saturated heterocycles. The molecule has 5 heteroatoms. The summed E-state index contributed by atoms with van der Waals surface area (Å²) in [6, 6.07) is 2.02. The summed E-state index contributed by atoms with van der Waals surface area (Å²) in [5.74, 6) is 0. The van der Waals surface area contributed by atoms with Gasteiger partial charge in [0.25, 0.3) is 0 Å². The zero-order chi connectivity index (χ0) is 14.5. The Hall–Kier alpha value is -1.85. The lowest BCUT2D eigenvalue weighted by molar-refractivity contribution is 0.144. The van der Waals surface area contributed by atoms with Crippen LogP contribution in [0.3, 0.4) is 0 Å². The zero-order valence-corrected chi connectivity index (χ0v) is 12.2. The van der Waals surface area contributed by atoms with E-state index in [1.807, 2.05) is 18.7 Å². The van der Waals surface area contributed by atoms with E-state index in [-0.39, 0.29) is 0 Å². The van der Waals surface area contributed by atoms with Crippen molar-refractivity contribution >= 4 is 0 Å². The Morgan fingerprint density at radius 3 is 3.19 bits per heavy atom. The van der Waals surface area contributed by atoms with Gasteiger partial charge in [0.2, 0.25) is 0 Å². The topological polar surface area (TPSA) is 43.4 Å². The van der Waals surface area contributed by atoms with Crippen molar-refractivity contribution in [3.05, 3.63) is 54.5 Å². The van der Waals surface area contributed by atoms with E-state index in [4.69, 9.17) is 9.15 Å². The average molecular weight is 287 g/mol. The molecule has 2 aromatic heterocycles. The van der Waals surface area contributed by atoms with Crippen LogP contribution in [0, 0.1) is 0 Å². The number of rotatable bonds is 6. The number of aryl methyl sites for hydroxylation is 1. The third-order valence-electron chi connectivity index (χ3n) is 3.74. The molecule has 0 atom stereocenters. The minimum absolute atomic E-state index is 0.550. The number of hydrogen-bond acceptors (Lipinski definition) is 4. The van der Waals surface area contributed by atoms with Crippen molar-refractivity contribution in [1.29, 1.82) is 0 Å². The minimum atomic E-state index is 0.550. The Morgan fingerprint density at radius 1 is 1.43 bits per heavy atom. The van der Waals surface area contributed by atoms with Crippen molar-refractivity contribution < 1.29 is 9.15 Å². The van der Waals surface area contributed by atoms with E-state index < -0.39 is 0 Å². The Labute approximate surface area is 124 Å². The molecule has 0 N–H and O–H groups in total. The average Bonchev–Trinajstić information content (AvgIpc) is 3.06. The van der Waals surface area contributed by atoms with Gasteiger partial charge in [-0.3, -0.25) is 4.90 Å². The number of hydrogen-bond donors (Lipinski definition) is 0. The van der Waals surface area contributed by atoms with Gasteiger partial charge in [-0.2, -0.15) is 0 Å². The van der Waals surface area contributed by atoms with Crippen LogP contribution in [-0.4, -0.2) is 27.6 Å². The molecule has 1 aliphatic heterocycles. The standard InChI is InChI=1S/C16H21N3O2/c1-2-7-20-12-15-16-10-18(9-14-4-8-21-11-14)5-3-6-19(16)13-17-15/h2,4,8,11,13H,1,3,5-7,9-10,12H2. The largest absolute Gasteiger partial charge is 0.472 e. The first kappa shape index (κ1) is 14.1. The zero-order valence-electron chi connectivity index (χ0n) is 12.2. The van der Waals surface area contributed by atoms with Crippen LogP contribution in [-0.2, 0) is 31.0 Å². The van der Waals surface area contributed by atoms with Crippen molar-refractivity contribution in [2.75, 3.05) is 13.2 Å². The molecule has 0 aromatic carbocycles. The highest BCUT2D eigenvalue weighted by Crippen LogP contribution is 2.19. The maximum absolute atomic E-state index is 5.55. The van der Waals surface area contributed by atoms with Crippen LogP contribution < -0.4 is 0 Å². The summed E-state index contributed by atoms with van der Waals surface area (Å²) in [5, 5.41) is 0. The molecule has 0 bridgehead atoms. The second-order valence-corrected chi connectivity index (χ2v) is 5.33. The summed E-state index contributed by atoms with van der Waals surface area (Å²) in [7, 11) is 0. The predicted octanol–water partition coefficient (Wildman–Crippen LogP) is 2.58. The van der Waals surface area contributed by atoms with E-state index in [2.05, 4.69) is 21.0 Å². The molecule has 0 saturated carbocycles. The summed E-state index contributed by atoms with van der Waals surface area (Å²) in [5.41, 5.74) is 3.52. The van der Waals surface area contributed by atoms with E-state index in [0.29, 0.717) is 13.2 Å². The lowest BCUT2D eigenvalue weighted by atomic mass is 10.2. The molecule has 112 valence electrons. The first-order chi connectivity index (χ1) is 10.4. The van der Waals surface area contributed by atoms with Gasteiger partial charge in [-0.05, 0) is 12.5 Å². The van der Waals surface area contributed by atoms with E-state index >= 15 is 0 Å². The third kappa shape index (κ3) is 3.43. The maximum Gasteiger partial charge on any atom is 0.0953 e. The van der Waals surface area contributed by atoms with E-state index in [1.165, 1.54) is 11.3 Å². The van der Waals surface area contributed by atoms with Crippen LogP contribution in [0.25, 0.3) is 0 Å². The highest BCUT2D eigenvalue weighted by atomic mass is 16.5.